The molecule has 2 aliphatic carbocycles. The summed E-state index contributed by atoms with van der Waals surface area (Å²) < 4.78 is 1.87. The van der Waals surface area contributed by atoms with E-state index >= 15 is 0 Å². The Bertz CT molecular complexity index is 874. The van der Waals surface area contributed by atoms with Gasteiger partial charge in [-0.2, -0.15) is 0 Å². The first kappa shape index (κ1) is 16.9. The number of carbonyl (C=O) groups is 1. The lowest BCUT2D eigenvalue weighted by molar-refractivity contribution is -0.118. The number of anilines is 1. The predicted molar refractivity (Wildman–Crippen MR) is 100 cm³/mol. The lowest BCUT2D eigenvalue weighted by Gasteiger charge is -2.11. The number of rotatable bonds is 5. The highest BCUT2D eigenvalue weighted by atomic mass is 16.2. The van der Waals surface area contributed by atoms with Crippen molar-refractivity contribution in [1.82, 2.24) is 20.2 Å². The minimum absolute atomic E-state index is 0.00805. The summed E-state index contributed by atoms with van der Waals surface area (Å²) >= 11 is 0. The van der Waals surface area contributed by atoms with Crippen molar-refractivity contribution in [2.45, 2.75) is 46.6 Å². The average Bonchev–Trinajstić information content (AvgIpc) is 3.44. The molecule has 6 heteroatoms. The van der Waals surface area contributed by atoms with Gasteiger partial charge in [0.05, 0.1) is 17.6 Å². The van der Waals surface area contributed by atoms with Gasteiger partial charge in [0, 0.05) is 5.56 Å². The van der Waals surface area contributed by atoms with Crippen LogP contribution in [0.4, 0.5) is 5.69 Å². The van der Waals surface area contributed by atoms with Crippen molar-refractivity contribution in [3.8, 4) is 11.4 Å². The fourth-order valence-electron chi connectivity index (χ4n) is 3.78. The van der Waals surface area contributed by atoms with Gasteiger partial charge in [-0.1, -0.05) is 37.6 Å². The fraction of sp³-hybridized carbons (Fsp3) is 0.500. The third-order valence-corrected chi connectivity index (χ3v) is 5.52. The Morgan fingerprint density at radius 2 is 2.00 bits per heavy atom. The van der Waals surface area contributed by atoms with E-state index in [-0.39, 0.29) is 23.2 Å². The van der Waals surface area contributed by atoms with Crippen molar-refractivity contribution >= 4 is 11.6 Å². The van der Waals surface area contributed by atoms with E-state index in [9.17, 15) is 4.79 Å². The summed E-state index contributed by atoms with van der Waals surface area (Å²) in [5.74, 6) is 1.07. The second kappa shape index (κ2) is 6.04. The molecule has 1 amide bonds. The standard InChI is InChI=1S/C20H25N5O/c1-12(2)11-15-17(20(15,3)4)19(26)21-16-8-6-5-7-14(16)18-22-23-24-25(18)13-9-10-13/h5-8,11,13,15,17H,9-10H2,1-4H3,(H,21,26)/t15-,17-/m1/s1. The van der Waals surface area contributed by atoms with Crippen LogP contribution in [0.15, 0.2) is 35.9 Å². The number of aromatic nitrogens is 4. The van der Waals surface area contributed by atoms with Crippen molar-refractivity contribution < 1.29 is 4.79 Å². The molecule has 2 fully saturated rings. The number of nitrogens with zero attached hydrogens (tertiary/aromatic N) is 4. The van der Waals surface area contributed by atoms with Crippen molar-refractivity contribution in [2.75, 3.05) is 5.32 Å². The number of allylic oxidation sites excluding steroid dienone is 2. The lowest BCUT2D eigenvalue weighted by atomic mass is 10.1. The van der Waals surface area contributed by atoms with E-state index in [4.69, 9.17) is 0 Å². The fourth-order valence-corrected chi connectivity index (χ4v) is 3.78. The molecule has 1 N–H and O–H groups in total. The van der Waals surface area contributed by atoms with Gasteiger partial charge in [-0.15, -0.1) is 5.10 Å². The highest BCUT2D eigenvalue weighted by molar-refractivity contribution is 5.98. The van der Waals surface area contributed by atoms with Crippen LogP contribution in [-0.2, 0) is 4.79 Å². The van der Waals surface area contributed by atoms with Crippen LogP contribution in [0.3, 0.4) is 0 Å². The van der Waals surface area contributed by atoms with Crippen LogP contribution in [0.25, 0.3) is 11.4 Å². The van der Waals surface area contributed by atoms with Gasteiger partial charge in [-0.3, -0.25) is 4.79 Å². The molecule has 1 aromatic heterocycles. The zero-order chi connectivity index (χ0) is 18.5. The lowest BCUT2D eigenvalue weighted by Crippen LogP contribution is -2.17. The SMILES string of the molecule is CC(C)=C[C@@H]1[C@H](C(=O)Nc2ccccc2-c2nnnn2C2CC2)C1(C)C. The van der Waals surface area contributed by atoms with Crippen LogP contribution in [0.2, 0.25) is 0 Å². The van der Waals surface area contributed by atoms with Crippen molar-refractivity contribution in [1.29, 1.82) is 0 Å². The Hall–Kier alpha value is -2.50. The van der Waals surface area contributed by atoms with E-state index in [1.807, 2.05) is 28.9 Å². The van der Waals surface area contributed by atoms with Crippen molar-refractivity contribution in [3.63, 3.8) is 0 Å². The summed E-state index contributed by atoms with van der Waals surface area (Å²) in [6.07, 6.45) is 4.42. The highest BCUT2D eigenvalue weighted by Crippen LogP contribution is 2.59. The number of nitrogens with one attached hydrogen (secondary N) is 1. The minimum atomic E-state index is -0.00937. The van der Waals surface area contributed by atoms with Crippen LogP contribution in [0, 0.1) is 17.3 Å². The third-order valence-electron chi connectivity index (χ3n) is 5.52. The Kier molecular flexibility index (Phi) is 3.93. The van der Waals surface area contributed by atoms with Gasteiger partial charge in [0.2, 0.25) is 5.91 Å². The molecule has 0 aliphatic heterocycles. The number of hydrogen-bond donors (Lipinski definition) is 1. The maximum absolute atomic E-state index is 12.9. The number of benzene rings is 1. The normalized spacial score (nSPS) is 23.4. The van der Waals surface area contributed by atoms with Crippen molar-refractivity contribution in [2.24, 2.45) is 17.3 Å². The molecular weight excluding hydrogens is 326 g/mol. The summed E-state index contributed by atoms with van der Waals surface area (Å²) in [4.78, 5) is 12.9. The second-order valence-electron chi connectivity index (χ2n) is 8.28. The molecule has 1 heterocycles. The summed E-state index contributed by atoms with van der Waals surface area (Å²) in [5.41, 5.74) is 2.89. The molecule has 4 rings (SSSR count). The van der Waals surface area contributed by atoms with Gasteiger partial charge in [-0.25, -0.2) is 4.68 Å². The number of para-hydroxylation sites is 1. The zero-order valence-electron chi connectivity index (χ0n) is 15.7. The summed E-state index contributed by atoms with van der Waals surface area (Å²) in [5, 5.41) is 15.3. The molecule has 0 radical (unpaired) electrons. The van der Waals surface area contributed by atoms with E-state index in [0.717, 1.165) is 29.9 Å². The first-order chi connectivity index (χ1) is 12.4. The van der Waals surface area contributed by atoms with E-state index in [1.165, 1.54) is 5.57 Å². The molecule has 136 valence electrons. The van der Waals surface area contributed by atoms with Crippen LogP contribution >= 0.6 is 0 Å². The Labute approximate surface area is 153 Å². The first-order valence-corrected chi connectivity index (χ1v) is 9.22. The van der Waals surface area contributed by atoms with Gasteiger partial charge in [0.1, 0.15) is 0 Å². The smallest absolute Gasteiger partial charge is 0.228 e. The average molecular weight is 351 g/mol. The molecule has 0 bridgehead atoms. The van der Waals surface area contributed by atoms with E-state index in [1.54, 1.807) is 0 Å². The summed E-state index contributed by atoms with van der Waals surface area (Å²) in [6, 6.07) is 8.14. The molecule has 0 unspecified atom stereocenters. The molecule has 6 nitrogen and oxygen atoms in total. The van der Waals surface area contributed by atoms with E-state index < -0.39 is 0 Å². The van der Waals surface area contributed by atoms with Crippen LogP contribution in [0.5, 0.6) is 0 Å². The first-order valence-electron chi connectivity index (χ1n) is 9.22. The summed E-state index contributed by atoms with van der Waals surface area (Å²) in [7, 11) is 0. The third kappa shape index (κ3) is 2.93. The minimum Gasteiger partial charge on any atom is -0.325 e. The number of carbonyl (C=O) groups excluding carboxylic acids is 1. The van der Waals surface area contributed by atoms with Gasteiger partial charge in [0.25, 0.3) is 0 Å². The van der Waals surface area contributed by atoms with Crippen LogP contribution in [0.1, 0.15) is 46.6 Å². The summed E-state index contributed by atoms with van der Waals surface area (Å²) in [6.45, 7) is 8.47. The van der Waals surface area contributed by atoms with Gasteiger partial charge >= 0.3 is 0 Å². The van der Waals surface area contributed by atoms with Crippen molar-refractivity contribution in [3.05, 3.63) is 35.9 Å². The maximum Gasteiger partial charge on any atom is 0.228 e. The van der Waals surface area contributed by atoms with Gasteiger partial charge < -0.3 is 5.32 Å². The molecule has 2 saturated carbocycles. The molecular formula is C20H25N5O. The van der Waals surface area contributed by atoms with E-state index in [2.05, 4.69) is 54.6 Å². The Morgan fingerprint density at radius 1 is 1.27 bits per heavy atom. The van der Waals surface area contributed by atoms with Gasteiger partial charge in [-0.05, 0) is 60.6 Å². The number of tetrazole rings is 1. The second-order valence-corrected chi connectivity index (χ2v) is 8.28. The quantitative estimate of drug-likeness (QED) is 0.831. The topological polar surface area (TPSA) is 72.7 Å². The molecule has 0 saturated heterocycles. The molecule has 1 aromatic carbocycles. The Balaban J connectivity index is 1.59. The monoisotopic (exact) mass is 351 g/mol. The zero-order valence-corrected chi connectivity index (χ0v) is 15.7. The molecule has 26 heavy (non-hydrogen) atoms. The Morgan fingerprint density at radius 3 is 2.69 bits per heavy atom. The predicted octanol–water partition coefficient (Wildman–Crippen LogP) is 3.85. The molecule has 2 aliphatic rings. The molecule has 0 spiro atoms. The molecule has 2 aromatic rings. The van der Waals surface area contributed by atoms with Crippen LogP contribution in [-0.4, -0.2) is 26.1 Å². The van der Waals surface area contributed by atoms with Gasteiger partial charge in [0.15, 0.2) is 5.82 Å². The highest BCUT2D eigenvalue weighted by Gasteiger charge is 2.60. The van der Waals surface area contributed by atoms with E-state index in [0.29, 0.717) is 6.04 Å². The van der Waals surface area contributed by atoms with Crippen LogP contribution < -0.4 is 5.32 Å². The maximum atomic E-state index is 12.9. The number of amides is 1. The molecule has 2 atom stereocenters. The largest absolute Gasteiger partial charge is 0.325 e. The number of hydrogen-bond acceptors (Lipinski definition) is 4.